The highest BCUT2D eigenvalue weighted by atomic mass is 16.5. The first-order chi connectivity index (χ1) is 6.35. The number of rotatable bonds is 7. The fourth-order valence-corrected chi connectivity index (χ4v) is 0.832. The summed E-state index contributed by atoms with van der Waals surface area (Å²) in [6, 6.07) is 0. The van der Waals surface area contributed by atoms with Crippen molar-refractivity contribution < 1.29 is 9.84 Å². The minimum Gasteiger partial charge on any atom is -0.394 e. The Morgan fingerprint density at radius 3 is 2.23 bits per heavy atom. The maximum absolute atomic E-state index is 8.43. The third kappa shape index (κ3) is 7.36. The topological polar surface area (TPSA) is 32.7 Å². The minimum atomic E-state index is 0.0459. The van der Waals surface area contributed by atoms with E-state index in [0.29, 0.717) is 32.8 Å². The zero-order chi connectivity index (χ0) is 9.94. The summed E-state index contributed by atoms with van der Waals surface area (Å²) in [5.74, 6) is 5.04. The van der Waals surface area contributed by atoms with Crippen LogP contribution in [0.25, 0.3) is 0 Å². The Morgan fingerprint density at radius 2 is 1.77 bits per heavy atom. The first kappa shape index (κ1) is 12.0. The van der Waals surface area contributed by atoms with E-state index in [2.05, 4.69) is 11.8 Å². The second kappa shape index (κ2) is 9.09. The van der Waals surface area contributed by atoms with Crippen molar-refractivity contribution >= 4 is 0 Å². The van der Waals surface area contributed by atoms with E-state index in [1.807, 2.05) is 4.90 Å². The van der Waals surface area contributed by atoms with Crippen molar-refractivity contribution in [2.45, 2.75) is 0 Å². The van der Waals surface area contributed by atoms with Crippen LogP contribution in [-0.4, -0.2) is 49.5 Å². The molecule has 0 rings (SSSR count). The molecule has 0 aliphatic rings. The van der Waals surface area contributed by atoms with Crippen molar-refractivity contribution in [2.75, 3.05) is 39.5 Å². The van der Waals surface area contributed by atoms with E-state index in [0.717, 1.165) is 0 Å². The highest BCUT2D eigenvalue weighted by Gasteiger charge is 1.99. The van der Waals surface area contributed by atoms with E-state index in [-0.39, 0.29) is 6.61 Å². The Morgan fingerprint density at radius 1 is 1.15 bits per heavy atom. The molecule has 0 spiro atoms. The van der Waals surface area contributed by atoms with Crippen LogP contribution in [0.5, 0.6) is 0 Å². The molecule has 0 aromatic carbocycles. The molecule has 0 amide bonds. The summed E-state index contributed by atoms with van der Waals surface area (Å²) in [4.78, 5) is 1.93. The molecule has 0 fully saturated rings. The third-order valence-corrected chi connectivity index (χ3v) is 1.42. The van der Waals surface area contributed by atoms with Crippen molar-refractivity contribution in [2.24, 2.45) is 0 Å². The Bertz CT molecular complexity index is 174. The fraction of sp³-hybridized carbons (Fsp3) is 0.600. The van der Waals surface area contributed by atoms with Gasteiger partial charge in [-0.05, 0) is 0 Å². The molecule has 0 atom stereocenters. The van der Waals surface area contributed by atoms with Crippen molar-refractivity contribution in [1.82, 2.24) is 4.90 Å². The van der Waals surface area contributed by atoms with Crippen LogP contribution in [0.4, 0.5) is 0 Å². The molecule has 3 heteroatoms. The second-order valence-electron chi connectivity index (χ2n) is 2.45. The Balaban J connectivity index is 3.47. The molecule has 0 unspecified atom stereocenters. The molecule has 13 heavy (non-hydrogen) atoms. The molecule has 0 radical (unpaired) electrons. The van der Waals surface area contributed by atoms with Crippen LogP contribution in [-0.2, 0) is 4.74 Å². The van der Waals surface area contributed by atoms with Gasteiger partial charge in [0, 0.05) is 6.54 Å². The lowest BCUT2D eigenvalue weighted by molar-refractivity contribution is 0.0785. The van der Waals surface area contributed by atoms with Crippen LogP contribution >= 0.6 is 0 Å². The minimum absolute atomic E-state index is 0.0459. The Kier molecular flexibility index (Phi) is 8.39. The molecule has 0 heterocycles. The van der Waals surface area contributed by atoms with E-state index in [1.165, 1.54) is 0 Å². The van der Waals surface area contributed by atoms with Crippen LogP contribution in [0.2, 0.25) is 0 Å². The number of terminal acetylenes is 2. The lowest BCUT2D eigenvalue weighted by atomic mass is 10.4. The number of hydrogen-bond acceptors (Lipinski definition) is 3. The Labute approximate surface area is 79.7 Å². The van der Waals surface area contributed by atoms with Gasteiger partial charge in [-0.25, -0.2) is 0 Å². The van der Waals surface area contributed by atoms with E-state index in [9.17, 15) is 0 Å². The third-order valence-electron chi connectivity index (χ3n) is 1.42. The van der Waals surface area contributed by atoms with Gasteiger partial charge in [0.1, 0.15) is 0 Å². The SMILES string of the molecule is C#CCN(CC#C)CCOCCO. The number of nitrogens with zero attached hydrogens (tertiary/aromatic N) is 1. The molecule has 0 aliphatic heterocycles. The normalized spacial score (nSPS) is 9.54. The van der Waals surface area contributed by atoms with Gasteiger partial charge in [0.05, 0.1) is 32.9 Å². The van der Waals surface area contributed by atoms with Gasteiger partial charge in [0.25, 0.3) is 0 Å². The monoisotopic (exact) mass is 181 g/mol. The van der Waals surface area contributed by atoms with Gasteiger partial charge in [0.15, 0.2) is 0 Å². The van der Waals surface area contributed by atoms with E-state index >= 15 is 0 Å². The second-order valence-corrected chi connectivity index (χ2v) is 2.45. The largest absolute Gasteiger partial charge is 0.394 e. The average Bonchev–Trinajstić information content (AvgIpc) is 2.13. The van der Waals surface area contributed by atoms with Crippen LogP contribution in [0.3, 0.4) is 0 Å². The molecule has 0 bridgehead atoms. The van der Waals surface area contributed by atoms with Crippen LogP contribution < -0.4 is 0 Å². The summed E-state index contributed by atoms with van der Waals surface area (Å²) in [7, 11) is 0. The van der Waals surface area contributed by atoms with Crippen LogP contribution in [0.1, 0.15) is 0 Å². The van der Waals surface area contributed by atoms with Gasteiger partial charge in [0.2, 0.25) is 0 Å². The number of hydrogen-bond donors (Lipinski definition) is 1. The van der Waals surface area contributed by atoms with Gasteiger partial charge in [-0.3, -0.25) is 4.90 Å². The highest BCUT2D eigenvalue weighted by Crippen LogP contribution is 1.86. The van der Waals surface area contributed by atoms with Gasteiger partial charge >= 0.3 is 0 Å². The first-order valence-electron chi connectivity index (χ1n) is 4.13. The molecule has 0 aromatic rings. The van der Waals surface area contributed by atoms with Gasteiger partial charge in [-0.1, -0.05) is 11.8 Å². The van der Waals surface area contributed by atoms with Crippen molar-refractivity contribution in [3.63, 3.8) is 0 Å². The summed E-state index contributed by atoms with van der Waals surface area (Å²) >= 11 is 0. The van der Waals surface area contributed by atoms with Crippen molar-refractivity contribution in [3.05, 3.63) is 0 Å². The van der Waals surface area contributed by atoms with Crippen LogP contribution in [0, 0.1) is 24.7 Å². The number of ether oxygens (including phenoxy) is 1. The highest BCUT2D eigenvalue weighted by molar-refractivity contribution is 4.94. The molecular formula is C10H15NO2. The zero-order valence-corrected chi connectivity index (χ0v) is 7.70. The number of aliphatic hydroxyl groups excluding tert-OH is 1. The predicted octanol–water partition coefficient (Wildman–Crippen LogP) is -0.436. The molecular weight excluding hydrogens is 166 g/mol. The zero-order valence-electron chi connectivity index (χ0n) is 7.70. The quantitative estimate of drug-likeness (QED) is 0.427. The summed E-state index contributed by atoms with van der Waals surface area (Å²) in [6.07, 6.45) is 10.3. The lowest BCUT2D eigenvalue weighted by Gasteiger charge is -2.15. The van der Waals surface area contributed by atoms with Gasteiger partial charge in [-0.2, -0.15) is 0 Å². The molecule has 0 aliphatic carbocycles. The van der Waals surface area contributed by atoms with Crippen molar-refractivity contribution in [1.29, 1.82) is 0 Å². The summed E-state index contributed by atoms with van der Waals surface area (Å²) in [5.41, 5.74) is 0. The smallest absolute Gasteiger partial charge is 0.0698 e. The standard InChI is InChI=1S/C10H15NO2/c1-3-5-11(6-4-2)7-9-13-10-8-12/h1-2,12H,5-10H2. The molecule has 0 aromatic heterocycles. The maximum atomic E-state index is 8.43. The molecule has 3 nitrogen and oxygen atoms in total. The fourth-order valence-electron chi connectivity index (χ4n) is 0.832. The molecule has 72 valence electrons. The van der Waals surface area contributed by atoms with Crippen LogP contribution in [0.15, 0.2) is 0 Å². The van der Waals surface area contributed by atoms with E-state index < -0.39 is 0 Å². The number of aliphatic hydroxyl groups is 1. The summed E-state index contributed by atoms with van der Waals surface area (Å²) in [5, 5.41) is 8.43. The summed E-state index contributed by atoms with van der Waals surface area (Å²) < 4.78 is 5.08. The molecule has 0 saturated carbocycles. The maximum Gasteiger partial charge on any atom is 0.0698 e. The lowest BCUT2D eigenvalue weighted by Crippen LogP contribution is -2.28. The van der Waals surface area contributed by atoms with Crippen molar-refractivity contribution in [3.8, 4) is 24.7 Å². The molecule has 1 N–H and O–H groups in total. The van der Waals surface area contributed by atoms with Gasteiger partial charge < -0.3 is 9.84 Å². The molecule has 0 saturated heterocycles. The predicted molar refractivity (Wildman–Crippen MR) is 52.0 cm³/mol. The summed E-state index contributed by atoms with van der Waals surface area (Å²) in [6.45, 7) is 2.72. The first-order valence-corrected chi connectivity index (χ1v) is 4.13. The van der Waals surface area contributed by atoms with Gasteiger partial charge in [-0.15, -0.1) is 12.8 Å². The Hall–Kier alpha value is -1.00. The van der Waals surface area contributed by atoms with E-state index in [4.69, 9.17) is 22.7 Å². The average molecular weight is 181 g/mol. The van der Waals surface area contributed by atoms with E-state index in [1.54, 1.807) is 0 Å².